The first-order valence-electron chi connectivity index (χ1n) is 9.90. The van der Waals surface area contributed by atoms with Crippen LogP contribution in [0.4, 0.5) is 0 Å². The summed E-state index contributed by atoms with van der Waals surface area (Å²) in [7, 11) is 0. The lowest BCUT2D eigenvalue weighted by molar-refractivity contribution is -0.119. The van der Waals surface area contributed by atoms with Crippen LogP contribution in [-0.4, -0.2) is 52.8 Å². The van der Waals surface area contributed by atoms with E-state index in [-0.39, 0.29) is 24.3 Å². The highest BCUT2D eigenvalue weighted by atomic mass is 35.5. The van der Waals surface area contributed by atoms with Crippen molar-refractivity contribution >= 4 is 23.4 Å². The number of pyridine rings is 1. The zero-order valence-corrected chi connectivity index (χ0v) is 17.2. The second kappa shape index (κ2) is 8.13. The van der Waals surface area contributed by atoms with E-state index in [0.717, 1.165) is 37.3 Å². The topological polar surface area (TPSA) is 79.5 Å². The normalized spacial score (nSPS) is 22.5. The van der Waals surface area contributed by atoms with Crippen LogP contribution < -0.4 is 5.73 Å². The molecule has 152 valence electrons. The lowest BCUT2D eigenvalue weighted by Gasteiger charge is -2.29. The molecule has 3 heterocycles. The van der Waals surface area contributed by atoms with Crippen molar-refractivity contribution in [1.29, 1.82) is 0 Å². The minimum atomic E-state index is -0.321. The molecule has 6 nitrogen and oxygen atoms in total. The number of likely N-dealkylation sites (tertiary alicyclic amines) is 2. The van der Waals surface area contributed by atoms with Crippen molar-refractivity contribution in [2.45, 2.75) is 19.4 Å². The van der Waals surface area contributed by atoms with Crippen LogP contribution in [0.2, 0.25) is 5.02 Å². The maximum absolute atomic E-state index is 12.7. The van der Waals surface area contributed by atoms with Gasteiger partial charge in [-0.05, 0) is 48.1 Å². The number of fused-ring (bicyclic) bond motifs is 1. The van der Waals surface area contributed by atoms with Gasteiger partial charge in [-0.2, -0.15) is 0 Å². The van der Waals surface area contributed by atoms with Crippen LogP contribution >= 0.6 is 11.6 Å². The van der Waals surface area contributed by atoms with E-state index in [0.29, 0.717) is 22.4 Å². The van der Waals surface area contributed by atoms with Gasteiger partial charge in [0.05, 0.1) is 0 Å². The molecule has 2 fully saturated rings. The highest BCUT2D eigenvalue weighted by Crippen LogP contribution is 2.38. The molecule has 1 aromatic heterocycles. The van der Waals surface area contributed by atoms with Crippen molar-refractivity contribution in [3.05, 3.63) is 64.4 Å². The van der Waals surface area contributed by atoms with Gasteiger partial charge in [-0.25, -0.2) is 0 Å². The summed E-state index contributed by atoms with van der Waals surface area (Å²) in [6, 6.07) is 9.39. The summed E-state index contributed by atoms with van der Waals surface area (Å²) in [6.45, 7) is 5.12. The molecule has 2 saturated heterocycles. The number of amides is 2. The van der Waals surface area contributed by atoms with Gasteiger partial charge < -0.3 is 10.6 Å². The average Bonchev–Trinajstić information content (AvgIpc) is 3.27. The molecule has 3 atom stereocenters. The first kappa shape index (κ1) is 19.9. The van der Waals surface area contributed by atoms with E-state index in [9.17, 15) is 9.59 Å². The Balaban J connectivity index is 1.47. The quantitative estimate of drug-likeness (QED) is 0.818. The van der Waals surface area contributed by atoms with Crippen LogP contribution in [0.5, 0.6) is 0 Å². The summed E-state index contributed by atoms with van der Waals surface area (Å²) in [6.07, 6.45) is 3.55. The predicted octanol–water partition coefficient (Wildman–Crippen LogP) is 2.66. The molecule has 3 unspecified atom stereocenters. The maximum atomic E-state index is 12.7. The maximum Gasteiger partial charge on any atom is 0.253 e. The van der Waals surface area contributed by atoms with Gasteiger partial charge in [0.2, 0.25) is 5.91 Å². The Labute approximate surface area is 175 Å². The van der Waals surface area contributed by atoms with Crippen LogP contribution in [0.3, 0.4) is 0 Å². The van der Waals surface area contributed by atoms with E-state index in [1.54, 1.807) is 24.5 Å². The van der Waals surface area contributed by atoms with E-state index in [1.165, 1.54) is 0 Å². The van der Waals surface area contributed by atoms with Gasteiger partial charge in [-0.15, -0.1) is 0 Å². The number of carbonyl (C=O) groups excluding carboxylic acids is 2. The number of carbonyl (C=O) groups is 2. The summed E-state index contributed by atoms with van der Waals surface area (Å²) in [5.41, 5.74) is 8.26. The lowest BCUT2D eigenvalue weighted by atomic mass is 10.0. The number of hydrogen-bond acceptors (Lipinski definition) is 4. The molecule has 2 aliphatic rings. The highest BCUT2D eigenvalue weighted by molar-refractivity contribution is 6.31. The summed E-state index contributed by atoms with van der Waals surface area (Å²) < 4.78 is 0. The zero-order valence-electron chi connectivity index (χ0n) is 16.4. The molecule has 7 heteroatoms. The van der Waals surface area contributed by atoms with E-state index < -0.39 is 0 Å². The van der Waals surface area contributed by atoms with Gasteiger partial charge in [-0.3, -0.25) is 19.5 Å². The molecular formula is C22H25ClN4O2. The fourth-order valence-corrected chi connectivity index (χ4v) is 4.78. The number of aromatic nitrogens is 1. The van der Waals surface area contributed by atoms with Crippen LogP contribution in [0.25, 0.3) is 0 Å². The summed E-state index contributed by atoms with van der Waals surface area (Å²) in [5, 5.41) is 0.700. The van der Waals surface area contributed by atoms with E-state index in [2.05, 4.69) is 9.88 Å². The average molecular weight is 413 g/mol. The number of aryl methyl sites for hydroxylation is 1. The van der Waals surface area contributed by atoms with Crippen molar-refractivity contribution < 1.29 is 9.59 Å². The van der Waals surface area contributed by atoms with Gasteiger partial charge in [-0.1, -0.05) is 23.7 Å². The first-order valence-corrected chi connectivity index (χ1v) is 10.3. The second-order valence-corrected chi connectivity index (χ2v) is 8.52. The first-order chi connectivity index (χ1) is 13.9. The van der Waals surface area contributed by atoms with Gasteiger partial charge in [0.25, 0.3) is 5.91 Å². The number of nitrogens with zero attached hydrogens (tertiary/aromatic N) is 3. The van der Waals surface area contributed by atoms with E-state index in [1.807, 2.05) is 30.0 Å². The van der Waals surface area contributed by atoms with Crippen molar-refractivity contribution in [1.82, 2.24) is 14.8 Å². The SMILES string of the molecule is Cc1ccc(C(CC(N)=O)N2CC3CN(C(=O)c4ccncc4)CC3C2)cc1Cl. The molecule has 2 amide bonds. The Morgan fingerprint density at radius 2 is 1.79 bits per heavy atom. The van der Waals surface area contributed by atoms with E-state index >= 15 is 0 Å². The molecule has 0 saturated carbocycles. The Bertz CT molecular complexity index is 906. The molecule has 1 aromatic carbocycles. The summed E-state index contributed by atoms with van der Waals surface area (Å²) >= 11 is 6.33. The van der Waals surface area contributed by atoms with Crippen LogP contribution in [0.1, 0.15) is 33.9 Å². The zero-order chi connectivity index (χ0) is 20.5. The molecule has 29 heavy (non-hydrogen) atoms. The van der Waals surface area contributed by atoms with Gasteiger partial charge >= 0.3 is 0 Å². The van der Waals surface area contributed by atoms with Crippen LogP contribution in [0.15, 0.2) is 42.7 Å². The smallest absolute Gasteiger partial charge is 0.253 e. The second-order valence-electron chi connectivity index (χ2n) is 8.11. The Morgan fingerprint density at radius 1 is 1.14 bits per heavy atom. The Kier molecular flexibility index (Phi) is 5.56. The van der Waals surface area contributed by atoms with Crippen molar-refractivity contribution in [2.24, 2.45) is 17.6 Å². The fraction of sp³-hybridized carbons (Fsp3) is 0.409. The van der Waals surface area contributed by atoms with E-state index in [4.69, 9.17) is 17.3 Å². The molecule has 2 aromatic rings. The van der Waals surface area contributed by atoms with Gasteiger partial charge in [0.15, 0.2) is 0 Å². The van der Waals surface area contributed by atoms with Crippen LogP contribution in [-0.2, 0) is 4.79 Å². The predicted molar refractivity (Wildman–Crippen MR) is 111 cm³/mol. The third-order valence-corrected chi connectivity index (χ3v) is 6.55. The fourth-order valence-electron chi connectivity index (χ4n) is 4.59. The summed E-state index contributed by atoms with van der Waals surface area (Å²) in [4.78, 5) is 32.7. The monoisotopic (exact) mass is 412 g/mol. The van der Waals surface area contributed by atoms with Crippen molar-refractivity contribution in [3.63, 3.8) is 0 Å². The minimum Gasteiger partial charge on any atom is -0.370 e. The molecule has 0 radical (unpaired) electrons. The van der Waals surface area contributed by atoms with Crippen molar-refractivity contribution in [3.8, 4) is 0 Å². The Hall–Kier alpha value is -2.44. The van der Waals surface area contributed by atoms with Crippen molar-refractivity contribution in [2.75, 3.05) is 26.2 Å². The lowest BCUT2D eigenvalue weighted by Crippen LogP contribution is -2.36. The van der Waals surface area contributed by atoms with Crippen LogP contribution in [0, 0.1) is 18.8 Å². The molecule has 4 rings (SSSR count). The standard InChI is InChI=1S/C22H25ClN4O2/c1-14-2-3-16(8-19(14)23)20(9-21(24)28)26-10-17-12-27(13-18(17)11-26)22(29)15-4-6-25-7-5-15/h2-8,17-18,20H,9-13H2,1H3,(H2,24,28). The highest BCUT2D eigenvalue weighted by Gasteiger charge is 2.43. The molecule has 0 aliphatic carbocycles. The molecule has 2 N–H and O–H groups in total. The molecular weight excluding hydrogens is 388 g/mol. The van der Waals surface area contributed by atoms with Gasteiger partial charge in [0.1, 0.15) is 0 Å². The molecule has 0 bridgehead atoms. The van der Waals surface area contributed by atoms with Gasteiger partial charge in [0, 0.05) is 61.6 Å². The number of primary amides is 1. The summed E-state index contributed by atoms with van der Waals surface area (Å²) in [5.74, 6) is 0.541. The third kappa shape index (κ3) is 4.14. The Morgan fingerprint density at radius 3 is 2.38 bits per heavy atom. The number of benzene rings is 1. The molecule has 0 spiro atoms. The number of nitrogens with two attached hydrogens (primary N) is 1. The minimum absolute atomic E-state index is 0.0624. The third-order valence-electron chi connectivity index (χ3n) is 6.14. The number of hydrogen-bond donors (Lipinski definition) is 1. The number of rotatable bonds is 5. The largest absolute Gasteiger partial charge is 0.370 e. The molecule has 2 aliphatic heterocycles. The number of halogens is 1.